The summed E-state index contributed by atoms with van der Waals surface area (Å²) in [6.45, 7) is 1.38. The van der Waals surface area contributed by atoms with Gasteiger partial charge in [0.2, 0.25) is 0 Å². The average molecular weight is 587 g/mol. The Morgan fingerprint density at radius 2 is 1.57 bits per heavy atom. The number of carbonyl (C=O) groups is 2. The Labute approximate surface area is 228 Å². The Morgan fingerprint density at radius 1 is 1.00 bits per heavy atom. The van der Waals surface area contributed by atoms with Crippen molar-refractivity contribution in [1.82, 2.24) is 10.4 Å². The van der Waals surface area contributed by atoms with Crippen LogP contribution in [0.3, 0.4) is 0 Å². The topological polar surface area (TPSA) is 131 Å². The summed E-state index contributed by atoms with van der Waals surface area (Å²) in [5.74, 6) is -1.11. The Hall–Kier alpha value is -3.36. The van der Waals surface area contributed by atoms with Crippen molar-refractivity contribution in [2.45, 2.75) is 41.7 Å². The Kier molecular flexibility index (Phi) is 8.90. The molecule has 2 amide bonds. The minimum Gasteiger partial charge on any atom is -0.493 e. The van der Waals surface area contributed by atoms with Gasteiger partial charge in [-0.1, -0.05) is 0 Å². The van der Waals surface area contributed by atoms with Crippen LogP contribution < -0.4 is 15.0 Å². The molecule has 2 aliphatic rings. The van der Waals surface area contributed by atoms with Gasteiger partial charge in [0.1, 0.15) is 11.5 Å². The Balaban J connectivity index is 1.29. The van der Waals surface area contributed by atoms with E-state index in [-0.39, 0.29) is 48.3 Å². The van der Waals surface area contributed by atoms with Gasteiger partial charge < -0.3 is 19.1 Å². The van der Waals surface area contributed by atoms with Crippen LogP contribution in [0, 0.1) is 5.92 Å². The lowest BCUT2D eigenvalue weighted by Gasteiger charge is -2.34. The number of piperidine rings is 1. The molecule has 0 aliphatic carbocycles. The number of hydrogen-bond acceptors (Lipinski definition) is 8. The number of hydroxylamine groups is 1. The number of benzene rings is 2. The fourth-order valence-electron chi connectivity index (χ4n) is 4.86. The molecule has 2 aromatic carbocycles. The second-order valence-electron chi connectivity index (χ2n) is 9.64. The Morgan fingerprint density at radius 3 is 2.12 bits per heavy atom. The number of ether oxygens (including phenoxy) is 3. The minimum absolute atomic E-state index is 0.0709. The monoisotopic (exact) mass is 586 g/mol. The third kappa shape index (κ3) is 6.50. The number of carbonyl (C=O) groups excluding carboxylic acids is 2. The van der Waals surface area contributed by atoms with E-state index in [1.807, 2.05) is 0 Å². The zero-order valence-electron chi connectivity index (χ0n) is 21.4. The first-order valence-electron chi connectivity index (χ1n) is 12.6. The van der Waals surface area contributed by atoms with Crippen LogP contribution in [0.1, 0.15) is 36.0 Å². The zero-order chi connectivity index (χ0) is 29.0. The van der Waals surface area contributed by atoms with Gasteiger partial charge in [-0.25, -0.2) is 13.9 Å². The second-order valence-corrected chi connectivity index (χ2v) is 11.9. The highest BCUT2D eigenvalue weighted by molar-refractivity contribution is 7.93. The maximum atomic E-state index is 13.3. The standard InChI is InChI=1S/C26H29F3N2O8S/c27-26(28,29)39-21-3-1-19(2-4-21)23(32)31-13-9-18(10-14-31)17-38-20-5-7-22(8-6-20)40(35,36)25(24(33)30-34)11-15-37-16-12-25/h1-8,18,34H,9-17H2,(H,30,33). The molecule has 2 N–H and O–H groups in total. The van der Waals surface area contributed by atoms with Crippen molar-refractivity contribution in [3.63, 3.8) is 0 Å². The number of halogens is 3. The zero-order valence-corrected chi connectivity index (χ0v) is 22.2. The van der Waals surface area contributed by atoms with Gasteiger partial charge in [0.05, 0.1) is 11.5 Å². The van der Waals surface area contributed by atoms with Crippen molar-refractivity contribution in [3.05, 3.63) is 54.1 Å². The highest BCUT2D eigenvalue weighted by Gasteiger charge is 2.52. The molecular formula is C26H29F3N2O8S. The van der Waals surface area contributed by atoms with E-state index in [9.17, 15) is 31.2 Å². The van der Waals surface area contributed by atoms with E-state index in [0.717, 1.165) is 12.1 Å². The lowest BCUT2D eigenvalue weighted by atomic mass is 9.97. The first kappa shape index (κ1) is 29.6. The number of likely N-dealkylation sites (tertiary alicyclic amines) is 1. The predicted octanol–water partition coefficient (Wildman–Crippen LogP) is 3.34. The van der Waals surface area contributed by atoms with Crippen molar-refractivity contribution in [1.29, 1.82) is 0 Å². The largest absolute Gasteiger partial charge is 0.573 e. The average Bonchev–Trinajstić information content (AvgIpc) is 2.95. The van der Waals surface area contributed by atoms with Crippen molar-refractivity contribution in [2.24, 2.45) is 5.92 Å². The smallest absolute Gasteiger partial charge is 0.493 e. The third-order valence-electron chi connectivity index (χ3n) is 7.19. The summed E-state index contributed by atoms with van der Waals surface area (Å²) >= 11 is 0. The van der Waals surface area contributed by atoms with Gasteiger partial charge in [0.15, 0.2) is 14.6 Å². The van der Waals surface area contributed by atoms with Crippen LogP contribution in [0.25, 0.3) is 0 Å². The van der Waals surface area contributed by atoms with Gasteiger partial charge in [-0.3, -0.25) is 14.8 Å². The summed E-state index contributed by atoms with van der Waals surface area (Å²) in [5.41, 5.74) is 1.75. The van der Waals surface area contributed by atoms with E-state index in [2.05, 4.69) is 4.74 Å². The van der Waals surface area contributed by atoms with E-state index in [1.165, 1.54) is 41.9 Å². The van der Waals surface area contributed by atoms with Crippen molar-refractivity contribution < 1.29 is 50.6 Å². The lowest BCUT2D eigenvalue weighted by Crippen LogP contribution is -2.54. The minimum atomic E-state index is -4.80. The quantitative estimate of drug-likeness (QED) is 0.356. The lowest BCUT2D eigenvalue weighted by molar-refractivity contribution is -0.274. The molecule has 0 spiro atoms. The van der Waals surface area contributed by atoms with Crippen LogP contribution in [-0.4, -0.2) is 74.4 Å². The van der Waals surface area contributed by atoms with Crippen LogP contribution in [0.4, 0.5) is 13.2 Å². The third-order valence-corrected chi connectivity index (χ3v) is 9.70. The molecule has 4 rings (SSSR count). The molecule has 218 valence electrons. The summed E-state index contributed by atoms with van der Waals surface area (Å²) in [6.07, 6.45) is -3.68. The van der Waals surface area contributed by atoms with Crippen molar-refractivity contribution in [2.75, 3.05) is 32.9 Å². The summed E-state index contributed by atoms with van der Waals surface area (Å²) in [7, 11) is -4.14. The number of amides is 2. The predicted molar refractivity (Wildman–Crippen MR) is 134 cm³/mol. The molecule has 2 heterocycles. The van der Waals surface area contributed by atoms with E-state index in [0.29, 0.717) is 38.3 Å². The van der Waals surface area contributed by atoms with Gasteiger partial charge in [-0.15, -0.1) is 13.2 Å². The summed E-state index contributed by atoms with van der Waals surface area (Å²) < 4.78 is 76.7. The summed E-state index contributed by atoms with van der Waals surface area (Å²) in [6, 6.07) is 10.5. The molecule has 0 saturated carbocycles. The van der Waals surface area contributed by atoms with Gasteiger partial charge in [-0.05, 0) is 80.1 Å². The molecule has 14 heteroatoms. The van der Waals surface area contributed by atoms with Crippen LogP contribution >= 0.6 is 0 Å². The number of sulfone groups is 1. The SMILES string of the molecule is O=C(c1ccc(OC(F)(F)F)cc1)N1CCC(COc2ccc(S(=O)(=O)C3(C(=O)NO)CCOCC3)cc2)CC1. The first-order valence-corrected chi connectivity index (χ1v) is 14.1. The fourth-order valence-corrected chi connectivity index (χ4v) is 6.80. The molecule has 2 aromatic rings. The highest BCUT2D eigenvalue weighted by Crippen LogP contribution is 2.36. The van der Waals surface area contributed by atoms with Crippen molar-refractivity contribution in [3.8, 4) is 11.5 Å². The number of alkyl halides is 3. The van der Waals surface area contributed by atoms with E-state index < -0.39 is 32.6 Å². The van der Waals surface area contributed by atoms with Crippen LogP contribution in [0.15, 0.2) is 53.4 Å². The van der Waals surface area contributed by atoms with Crippen LogP contribution in [-0.2, 0) is 19.4 Å². The maximum absolute atomic E-state index is 13.3. The molecule has 2 fully saturated rings. The highest BCUT2D eigenvalue weighted by atomic mass is 32.2. The Bertz CT molecular complexity index is 1290. The first-order chi connectivity index (χ1) is 18.9. The molecule has 2 aliphatic heterocycles. The molecule has 40 heavy (non-hydrogen) atoms. The molecule has 0 bridgehead atoms. The molecule has 0 unspecified atom stereocenters. The fraction of sp³-hybridized carbons (Fsp3) is 0.462. The number of hydrogen-bond donors (Lipinski definition) is 2. The van der Waals surface area contributed by atoms with E-state index in [4.69, 9.17) is 14.7 Å². The van der Waals surface area contributed by atoms with Gasteiger partial charge >= 0.3 is 6.36 Å². The molecule has 0 aromatic heterocycles. The summed E-state index contributed by atoms with van der Waals surface area (Å²) in [4.78, 5) is 26.7. The normalized spacial score (nSPS) is 18.1. The van der Waals surface area contributed by atoms with Gasteiger partial charge in [0.25, 0.3) is 11.8 Å². The number of nitrogens with one attached hydrogen (secondary N) is 1. The van der Waals surface area contributed by atoms with Gasteiger partial charge in [-0.2, -0.15) is 0 Å². The van der Waals surface area contributed by atoms with Gasteiger partial charge in [0, 0.05) is 31.9 Å². The van der Waals surface area contributed by atoms with Crippen molar-refractivity contribution >= 4 is 21.7 Å². The van der Waals surface area contributed by atoms with Crippen LogP contribution in [0.5, 0.6) is 11.5 Å². The number of nitrogens with zero attached hydrogens (tertiary/aromatic N) is 1. The van der Waals surface area contributed by atoms with Crippen LogP contribution in [0.2, 0.25) is 0 Å². The molecule has 0 atom stereocenters. The number of rotatable bonds is 8. The second kappa shape index (κ2) is 12.0. The van der Waals surface area contributed by atoms with E-state index >= 15 is 0 Å². The molecule has 2 saturated heterocycles. The van der Waals surface area contributed by atoms with E-state index in [1.54, 1.807) is 4.90 Å². The molecule has 0 radical (unpaired) electrons. The maximum Gasteiger partial charge on any atom is 0.573 e. The molecular weight excluding hydrogens is 557 g/mol. The molecule has 10 nitrogen and oxygen atoms in total. The summed E-state index contributed by atoms with van der Waals surface area (Å²) in [5, 5.41) is 9.16.